The van der Waals surface area contributed by atoms with E-state index in [1.807, 2.05) is 13.8 Å². The molecule has 3 N–H and O–H groups in total. The number of ether oxygens (including phenoxy) is 1. The van der Waals surface area contributed by atoms with Gasteiger partial charge >= 0.3 is 5.97 Å². The Morgan fingerprint density at radius 2 is 1.60 bits per heavy atom. The van der Waals surface area contributed by atoms with Crippen LogP contribution in [0.3, 0.4) is 0 Å². The van der Waals surface area contributed by atoms with Crippen molar-refractivity contribution in [2.24, 2.45) is 5.92 Å². The van der Waals surface area contributed by atoms with Gasteiger partial charge < -0.3 is 35.4 Å². The molecule has 300 valence electrons. The van der Waals surface area contributed by atoms with E-state index in [9.17, 15) is 42.3 Å². The first kappa shape index (κ1) is 41.3. The van der Waals surface area contributed by atoms with E-state index in [4.69, 9.17) is 4.74 Å². The zero-order chi connectivity index (χ0) is 39.8. The SMILES string of the molecule is CCCC/C=C/C(=O)N[C@@H](Cc1cc(F)cc(F)c1)C(=O)N[C@H]1COC(=O)[C@@H]2C[C@@H](C)CN2C(=O)[C@@H](C)NC(=O)[C@@H]2CCCCN2C(=O)[C@@H]2CCCN2C1=O. The molecule has 0 aliphatic carbocycles. The minimum atomic E-state index is -1.55. The lowest BCUT2D eigenvalue weighted by Crippen LogP contribution is -2.62. The number of cyclic esters (lactones) is 1. The molecule has 0 saturated carbocycles. The number of carbonyl (C=O) groups excluding carboxylic acids is 7. The summed E-state index contributed by atoms with van der Waals surface area (Å²) in [6.07, 6.45) is 7.56. The summed E-state index contributed by atoms with van der Waals surface area (Å²) in [6, 6.07) is -4.14. The second-order valence-corrected chi connectivity index (χ2v) is 15.1. The number of esters is 1. The lowest BCUT2D eigenvalue weighted by atomic mass is 9.99. The molecule has 16 heteroatoms. The molecule has 7 atom stereocenters. The third-order valence-electron chi connectivity index (χ3n) is 10.7. The minimum absolute atomic E-state index is 0.0586. The standard InChI is InChI=1S/C39H52F2N6O8/c1-4-5-6-7-13-33(48)43-28(19-25-17-26(40)20-27(41)18-25)34(49)44-29-22-55-39(54)32-16-23(2)21-47(32)36(51)24(3)42-35(50)30-11-8-9-14-45(30)38(53)31-12-10-15-46(31)37(29)52/h7,13,17-18,20,23-24,28-32H,4-6,8-12,14-16,19,21-22H2,1-3H3,(H,42,50)(H,43,48)(H,44,49)/b13-7+/t23-,24-,28+,29+,30+,31+,32+/m1/s1. The molecule has 5 rings (SSSR count). The molecule has 0 unspecified atom stereocenters. The average Bonchev–Trinajstić information content (AvgIpc) is 3.80. The van der Waals surface area contributed by atoms with Crippen molar-refractivity contribution in [1.82, 2.24) is 30.7 Å². The van der Waals surface area contributed by atoms with Crippen LogP contribution < -0.4 is 16.0 Å². The highest BCUT2D eigenvalue weighted by Crippen LogP contribution is 2.28. The summed E-state index contributed by atoms with van der Waals surface area (Å²) in [5.74, 6) is -6.41. The fraction of sp³-hybridized carbons (Fsp3) is 0.615. The molecule has 0 bridgehead atoms. The Kier molecular flexibility index (Phi) is 14.0. The highest BCUT2D eigenvalue weighted by Gasteiger charge is 2.46. The predicted molar refractivity (Wildman–Crippen MR) is 195 cm³/mol. The molecule has 4 heterocycles. The Labute approximate surface area is 319 Å². The van der Waals surface area contributed by atoms with Crippen LogP contribution in [0.15, 0.2) is 30.4 Å². The van der Waals surface area contributed by atoms with Gasteiger partial charge in [-0.3, -0.25) is 28.8 Å². The number of hydrogen-bond donors (Lipinski definition) is 3. The molecule has 4 aliphatic rings. The summed E-state index contributed by atoms with van der Waals surface area (Å²) in [7, 11) is 0. The largest absolute Gasteiger partial charge is 0.461 e. The minimum Gasteiger partial charge on any atom is -0.461 e. The van der Waals surface area contributed by atoms with Crippen LogP contribution in [0.1, 0.15) is 84.1 Å². The molecule has 1 aromatic rings. The van der Waals surface area contributed by atoms with Crippen molar-refractivity contribution in [3.63, 3.8) is 0 Å². The van der Waals surface area contributed by atoms with Gasteiger partial charge in [0.1, 0.15) is 54.5 Å². The predicted octanol–water partition coefficient (Wildman–Crippen LogP) is 1.89. The number of carbonyl (C=O) groups is 7. The monoisotopic (exact) mass is 770 g/mol. The zero-order valence-corrected chi connectivity index (χ0v) is 31.7. The number of benzene rings is 1. The maximum absolute atomic E-state index is 14.4. The first-order chi connectivity index (χ1) is 26.3. The van der Waals surface area contributed by atoms with Crippen molar-refractivity contribution in [3.8, 4) is 0 Å². The fourth-order valence-electron chi connectivity index (χ4n) is 7.89. The van der Waals surface area contributed by atoms with Gasteiger partial charge in [-0.05, 0) is 81.6 Å². The summed E-state index contributed by atoms with van der Waals surface area (Å²) in [4.78, 5) is 101. The van der Waals surface area contributed by atoms with Crippen molar-refractivity contribution < 1.29 is 47.1 Å². The molecule has 1 aromatic carbocycles. The molecule has 14 nitrogen and oxygen atoms in total. The summed E-state index contributed by atoms with van der Waals surface area (Å²) < 4.78 is 34.0. The quantitative estimate of drug-likeness (QED) is 0.194. The summed E-state index contributed by atoms with van der Waals surface area (Å²) in [5, 5.41) is 7.92. The van der Waals surface area contributed by atoms with E-state index < -0.39 is 95.9 Å². The van der Waals surface area contributed by atoms with E-state index in [0.717, 1.165) is 25.0 Å². The highest BCUT2D eigenvalue weighted by molar-refractivity contribution is 5.98. The van der Waals surface area contributed by atoms with Crippen molar-refractivity contribution >= 4 is 41.4 Å². The Bertz CT molecular complexity index is 1650. The molecule has 4 aliphatic heterocycles. The first-order valence-corrected chi connectivity index (χ1v) is 19.4. The first-order valence-electron chi connectivity index (χ1n) is 19.4. The van der Waals surface area contributed by atoms with E-state index in [0.29, 0.717) is 38.2 Å². The fourth-order valence-corrected chi connectivity index (χ4v) is 7.89. The van der Waals surface area contributed by atoms with Crippen LogP contribution in [0.5, 0.6) is 0 Å². The Morgan fingerprint density at radius 1 is 0.909 bits per heavy atom. The number of nitrogens with one attached hydrogen (secondary N) is 3. The van der Waals surface area contributed by atoms with Crippen LogP contribution in [-0.2, 0) is 44.7 Å². The van der Waals surface area contributed by atoms with Crippen molar-refractivity contribution in [1.29, 1.82) is 0 Å². The number of rotatable bonds is 9. The van der Waals surface area contributed by atoms with E-state index in [1.54, 1.807) is 6.08 Å². The van der Waals surface area contributed by atoms with Gasteiger partial charge in [-0.1, -0.05) is 32.8 Å². The van der Waals surface area contributed by atoms with E-state index in [2.05, 4.69) is 16.0 Å². The molecule has 0 aromatic heterocycles. The molecule has 4 saturated heterocycles. The van der Waals surface area contributed by atoms with Crippen LogP contribution >= 0.6 is 0 Å². The number of piperidine rings is 1. The highest BCUT2D eigenvalue weighted by atomic mass is 19.1. The smallest absolute Gasteiger partial charge is 0.328 e. The van der Waals surface area contributed by atoms with Crippen molar-refractivity contribution in [2.45, 2.75) is 121 Å². The topological polar surface area (TPSA) is 175 Å². The number of allylic oxidation sites excluding steroid dienone is 1. The van der Waals surface area contributed by atoms with Gasteiger partial charge in [0, 0.05) is 32.1 Å². The van der Waals surface area contributed by atoms with Crippen molar-refractivity contribution in [3.05, 3.63) is 47.5 Å². The van der Waals surface area contributed by atoms with Gasteiger partial charge in [0.2, 0.25) is 35.4 Å². The van der Waals surface area contributed by atoms with E-state index in [-0.39, 0.29) is 50.4 Å². The number of hydrogen-bond acceptors (Lipinski definition) is 8. The third kappa shape index (κ3) is 10.3. The maximum atomic E-state index is 14.4. The van der Waals surface area contributed by atoms with E-state index >= 15 is 0 Å². The zero-order valence-electron chi connectivity index (χ0n) is 31.7. The van der Waals surface area contributed by atoms with Gasteiger partial charge in [-0.25, -0.2) is 13.6 Å². The second kappa shape index (κ2) is 18.6. The molecular weight excluding hydrogens is 718 g/mol. The molecule has 0 radical (unpaired) electrons. The summed E-state index contributed by atoms with van der Waals surface area (Å²) >= 11 is 0. The number of amides is 6. The van der Waals surface area contributed by atoms with Gasteiger partial charge in [-0.15, -0.1) is 0 Å². The maximum Gasteiger partial charge on any atom is 0.328 e. The molecule has 55 heavy (non-hydrogen) atoms. The number of halogens is 2. The van der Waals surface area contributed by atoms with E-state index in [1.165, 1.54) is 27.7 Å². The Balaban J connectivity index is 1.47. The van der Waals surface area contributed by atoms with Gasteiger partial charge in [0.15, 0.2) is 0 Å². The Hall–Kier alpha value is -4.89. The van der Waals surface area contributed by atoms with Crippen LogP contribution in [0, 0.1) is 17.6 Å². The second-order valence-electron chi connectivity index (χ2n) is 15.1. The van der Waals surface area contributed by atoms with Crippen molar-refractivity contribution in [2.75, 3.05) is 26.2 Å². The van der Waals surface area contributed by atoms with Crippen LogP contribution in [0.25, 0.3) is 0 Å². The molecule has 0 spiro atoms. The van der Waals surface area contributed by atoms with Crippen LogP contribution in [0.2, 0.25) is 0 Å². The lowest BCUT2D eigenvalue weighted by molar-refractivity contribution is -0.158. The normalized spacial score (nSPS) is 27.3. The van der Waals surface area contributed by atoms with Gasteiger partial charge in [0.05, 0.1) is 0 Å². The Morgan fingerprint density at radius 3 is 2.33 bits per heavy atom. The number of unbranched alkanes of at least 4 members (excludes halogenated alkanes) is 2. The number of nitrogens with zero attached hydrogens (tertiary/aromatic N) is 3. The molecule has 6 amide bonds. The lowest BCUT2D eigenvalue weighted by Gasteiger charge is -2.39. The average molecular weight is 771 g/mol. The van der Waals surface area contributed by atoms with Gasteiger partial charge in [-0.2, -0.15) is 0 Å². The van der Waals surface area contributed by atoms with Crippen LogP contribution in [0.4, 0.5) is 8.78 Å². The van der Waals surface area contributed by atoms with Crippen LogP contribution in [-0.4, -0.2) is 119 Å². The summed E-state index contributed by atoms with van der Waals surface area (Å²) in [5.41, 5.74) is 0.0586. The molecule has 4 fully saturated rings. The molecular formula is C39H52F2N6O8. The summed E-state index contributed by atoms with van der Waals surface area (Å²) in [6.45, 7) is 5.35. The number of fused-ring (bicyclic) bond motifs is 3. The third-order valence-corrected chi connectivity index (χ3v) is 10.7. The van der Waals surface area contributed by atoms with Gasteiger partial charge in [0.25, 0.3) is 0 Å².